The topological polar surface area (TPSA) is 78.3 Å². The third kappa shape index (κ3) is 5.25. The van der Waals surface area contributed by atoms with Gasteiger partial charge in [0.25, 0.3) is 0 Å². The molecule has 38 heavy (non-hydrogen) atoms. The molecule has 2 saturated heterocycles. The number of carbonyl (C=O) groups excluding carboxylic acids is 2. The third-order valence-corrected chi connectivity index (χ3v) is 8.61. The van der Waals surface area contributed by atoms with Gasteiger partial charge in [0.05, 0.1) is 29.2 Å². The van der Waals surface area contributed by atoms with Gasteiger partial charge < -0.3 is 20.0 Å². The van der Waals surface area contributed by atoms with Crippen LogP contribution in [0.1, 0.15) is 50.7 Å². The molecular formula is C27H36F3N6O2+. The molecule has 3 aliphatic rings. The first-order valence-corrected chi connectivity index (χ1v) is 13.3. The van der Waals surface area contributed by atoms with Gasteiger partial charge in [0, 0.05) is 64.2 Å². The largest absolute Gasteiger partial charge is 0.416 e. The number of anilines is 2. The molecule has 2 aromatic rings. The minimum absolute atomic E-state index is 0.145. The van der Waals surface area contributed by atoms with Gasteiger partial charge in [-0.1, -0.05) is 0 Å². The molecule has 2 unspecified atom stereocenters. The molecule has 3 fully saturated rings. The Hall–Kier alpha value is -3.08. The second kappa shape index (κ2) is 9.91. The highest BCUT2D eigenvalue weighted by Gasteiger charge is 2.50. The Morgan fingerprint density at radius 3 is 2.42 bits per heavy atom. The maximum Gasteiger partial charge on any atom is 0.416 e. The number of nitrogens with two attached hydrogens (primary N) is 1. The highest BCUT2D eigenvalue weighted by atomic mass is 19.4. The Balaban J connectivity index is 1.22. The summed E-state index contributed by atoms with van der Waals surface area (Å²) in [6.07, 6.45) is 2.49. The van der Waals surface area contributed by atoms with Crippen LogP contribution in [-0.4, -0.2) is 65.4 Å². The van der Waals surface area contributed by atoms with Crippen molar-refractivity contribution in [3.63, 3.8) is 0 Å². The molecule has 2 aliphatic heterocycles. The van der Waals surface area contributed by atoms with Crippen molar-refractivity contribution >= 4 is 23.3 Å². The van der Waals surface area contributed by atoms with Crippen molar-refractivity contribution in [1.29, 1.82) is 0 Å². The van der Waals surface area contributed by atoms with E-state index in [1.807, 2.05) is 0 Å². The number of carbonyl (C=O) groups is 2. The average Bonchev–Trinajstić information content (AvgIpc) is 3.65. The van der Waals surface area contributed by atoms with Gasteiger partial charge in [0.1, 0.15) is 6.54 Å². The van der Waals surface area contributed by atoms with Gasteiger partial charge in [-0.25, -0.2) is 4.79 Å². The summed E-state index contributed by atoms with van der Waals surface area (Å²) in [5.41, 5.74) is 1.03. The van der Waals surface area contributed by atoms with E-state index in [0.717, 1.165) is 44.5 Å². The first-order chi connectivity index (χ1) is 17.9. The van der Waals surface area contributed by atoms with Crippen molar-refractivity contribution in [1.82, 2.24) is 14.7 Å². The minimum atomic E-state index is -4.38. The molecule has 206 valence electrons. The lowest BCUT2D eigenvalue weighted by Gasteiger charge is -2.27. The summed E-state index contributed by atoms with van der Waals surface area (Å²) >= 11 is 0. The summed E-state index contributed by atoms with van der Waals surface area (Å²) in [6.45, 7) is 6.83. The fourth-order valence-corrected chi connectivity index (χ4v) is 6.48. The van der Waals surface area contributed by atoms with E-state index in [2.05, 4.69) is 22.2 Å². The predicted molar refractivity (Wildman–Crippen MR) is 137 cm³/mol. The summed E-state index contributed by atoms with van der Waals surface area (Å²) in [6, 6.07) is 4.35. The standard InChI is InChI=1S/C27H35F3N6O2/c1-18(37)33(3)23-14-32-36(17-23)25(38)35-15-20-11-26(2,12-21(20)16-35)31-13-19-10-22(34-8-4-5-9-34)6-7-24(19)27(28,29)30/h6-7,10,14,17,20-21,31H,4-5,8-9,11-13,15-16H2,1-3H3/p+1. The molecule has 2 N–H and O–H groups in total. The zero-order chi connectivity index (χ0) is 27.2. The van der Waals surface area contributed by atoms with E-state index < -0.39 is 11.7 Å². The Labute approximate surface area is 220 Å². The summed E-state index contributed by atoms with van der Waals surface area (Å²) in [5, 5.41) is 6.22. The number of benzene rings is 1. The SMILES string of the molecule is CC(=O)N(C)c1cnn(C(=O)N2CC3CC(C)([NH2+]Cc4cc(N5CCCC5)ccc4C(F)(F)F)CC3C2)c1. The van der Waals surface area contributed by atoms with E-state index in [1.165, 1.54) is 28.8 Å². The Kier molecular flexibility index (Phi) is 6.91. The van der Waals surface area contributed by atoms with Crippen LogP contribution in [-0.2, 0) is 17.5 Å². The first-order valence-electron chi connectivity index (χ1n) is 13.3. The molecule has 1 aromatic heterocycles. The van der Waals surface area contributed by atoms with Crippen LogP contribution in [0.3, 0.4) is 0 Å². The summed E-state index contributed by atoms with van der Waals surface area (Å²) in [5.74, 6) is 0.453. The lowest BCUT2D eigenvalue weighted by Crippen LogP contribution is -2.94. The highest BCUT2D eigenvalue weighted by molar-refractivity contribution is 5.91. The Morgan fingerprint density at radius 1 is 1.16 bits per heavy atom. The smallest absolute Gasteiger partial charge is 0.372 e. The number of halogens is 3. The van der Waals surface area contributed by atoms with Crippen LogP contribution in [0.5, 0.6) is 0 Å². The van der Waals surface area contributed by atoms with Crippen molar-refractivity contribution in [3.8, 4) is 0 Å². The first kappa shape index (κ1) is 26.5. The van der Waals surface area contributed by atoms with Crippen molar-refractivity contribution in [2.45, 2.75) is 57.8 Å². The number of alkyl halides is 3. The average molecular weight is 534 g/mol. The number of aromatic nitrogens is 2. The van der Waals surface area contributed by atoms with Crippen LogP contribution in [0.2, 0.25) is 0 Å². The van der Waals surface area contributed by atoms with Crippen LogP contribution in [0, 0.1) is 11.8 Å². The van der Waals surface area contributed by atoms with Crippen LogP contribution in [0.15, 0.2) is 30.6 Å². The minimum Gasteiger partial charge on any atom is -0.372 e. The molecule has 1 saturated carbocycles. The highest BCUT2D eigenvalue weighted by Crippen LogP contribution is 2.42. The quantitative estimate of drug-likeness (QED) is 0.640. The molecule has 2 atom stereocenters. The second-order valence-electron chi connectivity index (χ2n) is 11.4. The zero-order valence-electron chi connectivity index (χ0n) is 22.2. The van der Waals surface area contributed by atoms with Gasteiger partial charge in [0.15, 0.2) is 0 Å². The zero-order valence-corrected chi connectivity index (χ0v) is 22.2. The normalized spacial score (nSPS) is 25.2. The van der Waals surface area contributed by atoms with Gasteiger partial charge >= 0.3 is 12.2 Å². The molecule has 11 heteroatoms. The number of hydrogen-bond acceptors (Lipinski definition) is 4. The van der Waals surface area contributed by atoms with E-state index in [1.54, 1.807) is 30.3 Å². The number of fused-ring (bicyclic) bond motifs is 1. The molecular weight excluding hydrogens is 497 g/mol. The van der Waals surface area contributed by atoms with Crippen LogP contribution in [0.4, 0.5) is 29.3 Å². The summed E-state index contributed by atoms with van der Waals surface area (Å²) < 4.78 is 42.7. The third-order valence-electron chi connectivity index (χ3n) is 8.61. The van der Waals surface area contributed by atoms with Crippen molar-refractivity contribution in [2.75, 3.05) is 43.0 Å². The van der Waals surface area contributed by atoms with Gasteiger partial charge in [-0.3, -0.25) is 4.79 Å². The molecule has 0 bridgehead atoms. The van der Waals surface area contributed by atoms with Crippen molar-refractivity contribution < 1.29 is 28.1 Å². The molecule has 3 heterocycles. The van der Waals surface area contributed by atoms with Gasteiger partial charge in [-0.2, -0.15) is 23.0 Å². The number of rotatable bonds is 5. The van der Waals surface area contributed by atoms with E-state index in [4.69, 9.17) is 0 Å². The van der Waals surface area contributed by atoms with Gasteiger partial charge in [0.2, 0.25) is 5.91 Å². The maximum atomic E-state index is 13.8. The van der Waals surface area contributed by atoms with Gasteiger partial charge in [-0.05, 0) is 49.8 Å². The second-order valence-corrected chi connectivity index (χ2v) is 11.4. The fraction of sp³-hybridized carbons (Fsp3) is 0.593. The van der Waals surface area contributed by atoms with Crippen molar-refractivity contribution in [2.24, 2.45) is 11.8 Å². The molecule has 2 amide bonds. The lowest BCUT2D eigenvalue weighted by atomic mass is 9.96. The van der Waals surface area contributed by atoms with E-state index in [0.29, 0.717) is 36.2 Å². The fourth-order valence-electron chi connectivity index (χ4n) is 6.48. The van der Waals surface area contributed by atoms with Crippen molar-refractivity contribution in [3.05, 3.63) is 41.7 Å². The number of likely N-dealkylation sites (tertiary alicyclic amines) is 1. The molecule has 0 radical (unpaired) electrons. The summed E-state index contributed by atoms with van der Waals surface area (Å²) in [4.78, 5) is 30.0. The molecule has 0 spiro atoms. The van der Waals surface area contributed by atoms with E-state index >= 15 is 0 Å². The number of hydrogen-bond donors (Lipinski definition) is 1. The number of amides is 2. The number of quaternary nitrogens is 1. The summed E-state index contributed by atoms with van der Waals surface area (Å²) in [7, 11) is 1.63. The van der Waals surface area contributed by atoms with E-state index in [-0.39, 0.29) is 24.0 Å². The maximum absolute atomic E-state index is 13.8. The molecule has 1 aromatic carbocycles. The van der Waals surface area contributed by atoms with Crippen LogP contribution >= 0.6 is 0 Å². The number of nitrogens with zero attached hydrogens (tertiary/aromatic N) is 5. The monoisotopic (exact) mass is 533 g/mol. The molecule has 8 nitrogen and oxygen atoms in total. The Morgan fingerprint density at radius 2 is 1.82 bits per heavy atom. The predicted octanol–water partition coefficient (Wildman–Crippen LogP) is 3.32. The molecule has 5 rings (SSSR count). The van der Waals surface area contributed by atoms with Gasteiger partial charge in [-0.15, -0.1) is 0 Å². The van der Waals surface area contributed by atoms with E-state index in [9.17, 15) is 22.8 Å². The van der Waals surface area contributed by atoms with Crippen LogP contribution in [0.25, 0.3) is 0 Å². The lowest BCUT2D eigenvalue weighted by molar-refractivity contribution is -0.738. The van der Waals surface area contributed by atoms with Crippen LogP contribution < -0.4 is 15.1 Å². The molecule has 1 aliphatic carbocycles. The Bertz CT molecular complexity index is 1190.